The molecule has 9 heteroatoms. The van der Waals surface area contributed by atoms with Gasteiger partial charge in [-0.05, 0) is 27.9 Å². The van der Waals surface area contributed by atoms with Gasteiger partial charge in [0, 0.05) is 57.8 Å². The fraction of sp³-hybridized carbons (Fsp3) is 0.941. The molecule has 0 aromatic carbocycles. The van der Waals surface area contributed by atoms with Crippen molar-refractivity contribution in [2.24, 2.45) is 0 Å². The molecule has 1 amide bonds. The first-order valence-electron chi connectivity index (χ1n) is 9.44. The highest BCUT2D eigenvalue weighted by molar-refractivity contribution is 7.89. The molecular weight excluding hydrogens is 356 g/mol. The van der Waals surface area contributed by atoms with Crippen LogP contribution in [0, 0.1) is 0 Å². The molecule has 2 rings (SSSR count). The van der Waals surface area contributed by atoms with Crippen LogP contribution in [0.4, 0.5) is 0 Å². The molecule has 2 aliphatic heterocycles. The van der Waals surface area contributed by atoms with Gasteiger partial charge >= 0.3 is 0 Å². The smallest absolute Gasteiger partial charge is 0.223 e. The molecule has 2 unspecified atom stereocenters. The summed E-state index contributed by atoms with van der Waals surface area (Å²) in [7, 11) is 0.736. The second-order valence-corrected chi connectivity index (χ2v) is 9.70. The molecule has 0 N–H and O–H groups in total. The summed E-state index contributed by atoms with van der Waals surface area (Å²) in [5.74, 6) is -0.178. The average molecular weight is 391 g/mol. The number of carbonyl (C=O) groups is 1. The van der Waals surface area contributed by atoms with Crippen molar-refractivity contribution in [1.29, 1.82) is 0 Å². The Labute approximate surface area is 158 Å². The summed E-state index contributed by atoms with van der Waals surface area (Å²) in [4.78, 5) is 19.0. The lowest BCUT2D eigenvalue weighted by atomic mass is 10.1. The van der Waals surface area contributed by atoms with Crippen LogP contribution >= 0.6 is 0 Å². The van der Waals surface area contributed by atoms with E-state index in [0.717, 1.165) is 13.1 Å². The van der Waals surface area contributed by atoms with Gasteiger partial charge in [0.15, 0.2) is 0 Å². The summed E-state index contributed by atoms with van der Waals surface area (Å²) in [6.45, 7) is 9.18. The molecule has 26 heavy (non-hydrogen) atoms. The van der Waals surface area contributed by atoms with E-state index in [0.29, 0.717) is 39.4 Å². The zero-order valence-corrected chi connectivity index (χ0v) is 17.4. The van der Waals surface area contributed by atoms with Crippen molar-refractivity contribution in [3.8, 4) is 0 Å². The van der Waals surface area contributed by atoms with Crippen LogP contribution < -0.4 is 0 Å². The van der Waals surface area contributed by atoms with E-state index in [1.807, 2.05) is 4.90 Å². The van der Waals surface area contributed by atoms with Crippen molar-refractivity contribution in [3.63, 3.8) is 0 Å². The maximum atomic E-state index is 12.6. The topological polar surface area (TPSA) is 73.4 Å². The number of nitrogens with zero attached hydrogens (tertiary/aromatic N) is 4. The summed E-state index contributed by atoms with van der Waals surface area (Å²) in [6.07, 6.45) is 0.0524. The number of ether oxygens (including phenoxy) is 1. The van der Waals surface area contributed by atoms with Crippen LogP contribution in [0.5, 0.6) is 0 Å². The Morgan fingerprint density at radius 3 is 2.23 bits per heavy atom. The van der Waals surface area contributed by atoms with Gasteiger partial charge in [0.2, 0.25) is 15.9 Å². The molecule has 152 valence electrons. The van der Waals surface area contributed by atoms with Gasteiger partial charge in [-0.25, -0.2) is 8.42 Å². The van der Waals surface area contributed by atoms with Gasteiger partial charge in [-0.15, -0.1) is 0 Å². The highest BCUT2D eigenvalue weighted by Gasteiger charge is 2.32. The van der Waals surface area contributed by atoms with Gasteiger partial charge in [-0.2, -0.15) is 4.31 Å². The fourth-order valence-corrected chi connectivity index (χ4v) is 5.04. The normalized spacial score (nSPS) is 26.4. The van der Waals surface area contributed by atoms with Crippen molar-refractivity contribution in [1.82, 2.24) is 19.0 Å². The highest BCUT2D eigenvalue weighted by atomic mass is 32.2. The Morgan fingerprint density at radius 2 is 1.69 bits per heavy atom. The summed E-state index contributed by atoms with van der Waals surface area (Å²) < 4.78 is 31.4. The van der Waals surface area contributed by atoms with Gasteiger partial charge < -0.3 is 14.5 Å². The largest absolute Gasteiger partial charge is 0.379 e. The van der Waals surface area contributed by atoms with E-state index in [2.05, 4.69) is 37.7 Å². The van der Waals surface area contributed by atoms with Crippen LogP contribution in [0.2, 0.25) is 0 Å². The molecular formula is C17H34N4O4S. The van der Waals surface area contributed by atoms with Crippen molar-refractivity contribution in [2.75, 3.05) is 72.3 Å². The first-order chi connectivity index (χ1) is 12.2. The van der Waals surface area contributed by atoms with Gasteiger partial charge in [0.25, 0.3) is 0 Å². The Bertz CT molecular complexity index is 551. The van der Waals surface area contributed by atoms with Crippen molar-refractivity contribution >= 4 is 15.9 Å². The number of sulfonamides is 1. The minimum Gasteiger partial charge on any atom is -0.379 e. The van der Waals surface area contributed by atoms with E-state index in [-0.39, 0.29) is 30.2 Å². The van der Waals surface area contributed by atoms with Gasteiger partial charge in [-0.1, -0.05) is 0 Å². The Kier molecular flexibility index (Phi) is 7.84. The molecule has 2 fully saturated rings. The van der Waals surface area contributed by atoms with Crippen molar-refractivity contribution in [2.45, 2.75) is 32.4 Å². The number of morpholine rings is 1. The number of hydrogen-bond acceptors (Lipinski definition) is 6. The molecule has 8 nitrogen and oxygen atoms in total. The van der Waals surface area contributed by atoms with Gasteiger partial charge in [0.1, 0.15) is 0 Å². The van der Waals surface area contributed by atoms with E-state index in [4.69, 9.17) is 4.74 Å². The Balaban J connectivity index is 1.84. The van der Waals surface area contributed by atoms with Crippen LogP contribution in [0.1, 0.15) is 20.3 Å². The summed E-state index contributed by atoms with van der Waals surface area (Å²) >= 11 is 0. The standard InChI is InChI=1S/C17H34N4O4S/c1-15-13-19(14-16(2)21(15)7-6-18(3)4)17(22)5-12-26(23,24)20-8-10-25-11-9-20/h15-16H,5-14H2,1-4H3. The summed E-state index contributed by atoms with van der Waals surface area (Å²) in [5.41, 5.74) is 0. The van der Waals surface area contributed by atoms with E-state index in [9.17, 15) is 13.2 Å². The molecule has 0 aromatic heterocycles. The molecule has 0 radical (unpaired) electrons. The maximum Gasteiger partial charge on any atom is 0.223 e. The van der Waals surface area contributed by atoms with E-state index in [1.165, 1.54) is 4.31 Å². The van der Waals surface area contributed by atoms with E-state index < -0.39 is 10.0 Å². The van der Waals surface area contributed by atoms with Crippen molar-refractivity contribution in [3.05, 3.63) is 0 Å². The molecule has 2 saturated heterocycles. The second-order valence-electron chi connectivity index (χ2n) is 7.62. The monoisotopic (exact) mass is 390 g/mol. The first-order valence-corrected chi connectivity index (χ1v) is 11.1. The predicted octanol–water partition coefficient (Wildman–Crippen LogP) is -0.479. The molecule has 2 atom stereocenters. The quantitative estimate of drug-likeness (QED) is 0.585. The number of carbonyl (C=O) groups excluding carboxylic acids is 1. The lowest BCUT2D eigenvalue weighted by molar-refractivity contribution is -0.135. The van der Waals surface area contributed by atoms with Gasteiger partial charge in [0.05, 0.1) is 19.0 Å². The number of piperazine rings is 1. The molecule has 0 saturated carbocycles. The van der Waals surface area contributed by atoms with Crippen LogP contribution in [0.15, 0.2) is 0 Å². The predicted molar refractivity (Wildman–Crippen MR) is 102 cm³/mol. The third kappa shape index (κ3) is 5.88. The zero-order chi connectivity index (χ0) is 19.3. The van der Waals surface area contributed by atoms with E-state index in [1.54, 1.807) is 0 Å². The number of hydrogen-bond donors (Lipinski definition) is 0. The van der Waals surface area contributed by atoms with Crippen molar-refractivity contribution < 1.29 is 17.9 Å². The summed E-state index contributed by atoms with van der Waals surface area (Å²) in [6, 6.07) is 0.553. The SMILES string of the molecule is CC1CN(C(=O)CCS(=O)(=O)N2CCOCC2)CC(C)N1CCN(C)C. The summed E-state index contributed by atoms with van der Waals surface area (Å²) in [5, 5.41) is 0. The number of rotatable bonds is 7. The lowest BCUT2D eigenvalue weighted by Gasteiger charge is -2.45. The first kappa shape index (κ1) is 21.6. The maximum absolute atomic E-state index is 12.6. The van der Waals surface area contributed by atoms with Crippen LogP contribution in [0.25, 0.3) is 0 Å². The van der Waals surface area contributed by atoms with Crippen LogP contribution in [-0.2, 0) is 19.6 Å². The van der Waals surface area contributed by atoms with Crippen LogP contribution in [-0.4, -0.2) is 118 Å². The minimum atomic E-state index is -3.38. The number of likely N-dealkylation sites (N-methyl/N-ethyl adjacent to an activating group) is 1. The van der Waals surface area contributed by atoms with Gasteiger partial charge in [-0.3, -0.25) is 9.69 Å². The Hall–Kier alpha value is -0.740. The fourth-order valence-electron chi connectivity index (χ4n) is 3.64. The minimum absolute atomic E-state index is 0.0524. The second kappa shape index (κ2) is 9.45. The van der Waals surface area contributed by atoms with E-state index >= 15 is 0 Å². The molecule has 0 aromatic rings. The molecule has 0 spiro atoms. The average Bonchev–Trinajstić information content (AvgIpc) is 2.59. The number of amides is 1. The molecule has 0 bridgehead atoms. The zero-order valence-electron chi connectivity index (χ0n) is 16.6. The van der Waals surface area contributed by atoms with Crippen LogP contribution in [0.3, 0.4) is 0 Å². The molecule has 2 heterocycles. The third-order valence-corrected chi connectivity index (χ3v) is 7.07. The molecule has 0 aliphatic carbocycles. The third-order valence-electron chi connectivity index (χ3n) is 5.20. The highest BCUT2D eigenvalue weighted by Crippen LogP contribution is 2.17. The lowest BCUT2D eigenvalue weighted by Crippen LogP contribution is -2.59. The molecule has 2 aliphatic rings. The Morgan fingerprint density at radius 1 is 1.12 bits per heavy atom.